The highest BCUT2D eigenvalue weighted by Crippen LogP contribution is 2.34. The quantitative estimate of drug-likeness (QED) is 0.808. The van der Waals surface area contributed by atoms with E-state index in [0.29, 0.717) is 0 Å². The SMILES string of the molecule is CSC1(C#N)CCN(Cc2ccoc2)CC1. The fourth-order valence-electron chi connectivity index (χ4n) is 2.07. The minimum absolute atomic E-state index is 0.146. The number of hydrogen-bond donors (Lipinski definition) is 0. The van der Waals surface area contributed by atoms with E-state index in [0.717, 1.165) is 32.5 Å². The third-order valence-corrected chi connectivity index (χ3v) is 4.53. The highest BCUT2D eigenvalue weighted by Gasteiger charge is 2.33. The number of likely N-dealkylation sites (tertiary alicyclic amines) is 1. The summed E-state index contributed by atoms with van der Waals surface area (Å²) >= 11 is 1.70. The number of furan rings is 1. The van der Waals surface area contributed by atoms with Crippen molar-refractivity contribution in [3.8, 4) is 6.07 Å². The molecule has 0 unspecified atom stereocenters. The molecule has 0 radical (unpaired) electrons. The van der Waals surface area contributed by atoms with Gasteiger partial charge in [-0.25, -0.2) is 0 Å². The lowest BCUT2D eigenvalue weighted by Gasteiger charge is -2.35. The number of hydrogen-bond acceptors (Lipinski definition) is 4. The fraction of sp³-hybridized carbons (Fsp3) is 0.583. The zero-order valence-electron chi connectivity index (χ0n) is 9.48. The third kappa shape index (κ3) is 2.42. The first-order chi connectivity index (χ1) is 7.78. The van der Waals surface area contributed by atoms with E-state index in [1.165, 1.54) is 5.56 Å². The van der Waals surface area contributed by atoms with Gasteiger partial charge in [0.05, 0.1) is 18.6 Å². The molecular weight excluding hydrogens is 220 g/mol. The van der Waals surface area contributed by atoms with Crippen molar-refractivity contribution in [1.82, 2.24) is 4.90 Å². The monoisotopic (exact) mass is 236 g/mol. The molecule has 1 aliphatic rings. The Morgan fingerprint density at radius 2 is 2.31 bits per heavy atom. The van der Waals surface area contributed by atoms with Crippen molar-refractivity contribution in [3.63, 3.8) is 0 Å². The van der Waals surface area contributed by atoms with E-state index >= 15 is 0 Å². The molecular formula is C12H16N2OS. The van der Waals surface area contributed by atoms with Crippen LogP contribution in [-0.4, -0.2) is 29.0 Å². The van der Waals surface area contributed by atoms with Crippen LogP contribution in [0.15, 0.2) is 23.0 Å². The van der Waals surface area contributed by atoms with E-state index in [-0.39, 0.29) is 4.75 Å². The lowest BCUT2D eigenvalue weighted by molar-refractivity contribution is 0.209. The van der Waals surface area contributed by atoms with Crippen LogP contribution < -0.4 is 0 Å². The Balaban J connectivity index is 1.88. The average Bonchev–Trinajstić information content (AvgIpc) is 2.83. The molecule has 0 aliphatic carbocycles. The van der Waals surface area contributed by atoms with E-state index in [9.17, 15) is 5.26 Å². The van der Waals surface area contributed by atoms with Crippen molar-refractivity contribution >= 4 is 11.8 Å². The standard InChI is InChI=1S/C12H16N2OS/c1-16-12(10-13)3-5-14(6-4-12)8-11-2-7-15-9-11/h2,7,9H,3-6,8H2,1H3. The molecule has 0 N–H and O–H groups in total. The molecule has 0 aromatic carbocycles. The van der Waals surface area contributed by atoms with E-state index < -0.39 is 0 Å². The van der Waals surface area contributed by atoms with E-state index in [4.69, 9.17) is 4.42 Å². The predicted octanol–water partition coefficient (Wildman–Crippen LogP) is 2.50. The second kappa shape index (κ2) is 4.94. The van der Waals surface area contributed by atoms with Gasteiger partial charge in [0.2, 0.25) is 0 Å². The Kier molecular flexibility index (Phi) is 3.57. The van der Waals surface area contributed by atoms with Crippen molar-refractivity contribution in [2.24, 2.45) is 0 Å². The van der Waals surface area contributed by atoms with Gasteiger partial charge in [0.25, 0.3) is 0 Å². The summed E-state index contributed by atoms with van der Waals surface area (Å²) in [6, 6.07) is 4.46. The molecule has 3 nitrogen and oxygen atoms in total. The molecule has 1 fully saturated rings. The molecule has 0 amide bonds. The van der Waals surface area contributed by atoms with E-state index in [1.54, 1.807) is 24.3 Å². The van der Waals surface area contributed by atoms with Gasteiger partial charge in [0, 0.05) is 25.2 Å². The van der Waals surface area contributed by atoms with E-state index in [1.807, 2.05) is 12.3 Å². The zero-order chi connectivity index (χ0) is 11.4. The van der Waals surface area contributed by atoms with Crippen LogP contribution in [0.5, 0.6) is 0 Å². The maximum absolute atomic E-state index is 9.18. The molecule has 16 heavy (non-hydrogen) atoms. The first kappa shape index (κ1) is 11.6. The van der Waals surface area contributed by atoms with Crippen molar-refractivity contribution in [1.29, 1.82) is 5.26 Å². The summed E-state index contributed by atoms with van der Waals surface area (Å²) in [5.74, 6) is 0. The number of thioether (sulfide) groups is 1. The molecule has 4 heteroatoms. The Labute approximate surface area is 100 Å². The summed E-state index contributed by atoms with van der Waals surface area (Å²) in [4.78, 5) is 2.39. The molecule has 1 aromatic rings. The van der Waals surface area contributed by atoms with Crippen molar-refractivity contribution in [3.05, 3.63) is 24.2 Å². The van der Waals surface area contributed by atoms with Crippen LogP contribution in [0.25, 0.3) is 0 Å². The minimum atomic E-state index is -0.146. The smallest absolute Gasteiger partial charge is 0.104 e. The van der Waals surface area contributed by atoms with Crippen LogP contribution in [0.1, 0.15) is 18.4 Å². The van der Waals surface area contributed by atoms with Gasteiger partial charge in [-0.3, -0.25) is 4.90 Å². The molecule has 0 atom stereocenters. The van der Waals surface area contributed by atoms with Gasteiger partial charge in [0.1, 0.15) is 4.75 Å². The number of nitrogens with zero attached hydrogens (tertiary/aromatic N) is 2. The van der Waals surface area contributed by atoms with Gasteiger partial charge in [-0.15, -0.1) is 11.8 Å². The molecule has 1 aromatic heterocycles. The van der Waals surface area contributed by atoms with Crippen molar-refractivity contribution in [2.75, 3.05) is 19.3 Å². The second-order valence-corrected chi connectivity index (χ2v) is 5.41. The third-order valence-electron chi connectivity index (χ3n) is 3.24. The Hall–Kier alpha value is -0.920. The van der Waals surface area contributed by atoms with Crippen LogP contribution in [0.2, 0.25) is 0 Å². The van der Waals surface area contributed by atoms with Gasteiger partial charge in [0.15, 0.2) is 0 Å². The summed E-state index contributed by atoms with van der Waals surface area (Å²) in [6.07, 6.45) is 7.46. The van der Waals surface area contributed by atoms with Gasteiger partial charge < -0.3 is 4.42 Å². The molecule has 0 spiro atoms. The molecule has 2 heterocycles. The first-order valence-electron chi connectivity index (χ1n) is 5.48. The Bertz CT molecular complexity index is 361. The van der Waals surface area contributed by atoms with Crippen LogP contribution in [0.4, 0.5) is 0 Å². The van der Waals surface area contributed by atoms with Gasteiger partial charge in [-0.05, 0) is 25.2 Å². The van der Waals surface area contributed by atoms with Gasteiger partial charge in [-0.2, -0.15) is 5.26 Å². The van der Waals surface area contributed by atoms with Crippen LogP contribution in [0.3, 0.4) is 0 Å². The van der Waals surface area contributed by atoms with Crippen LogP contribution in [-0.2, 0) is 6.54 Å². The largest absolute Gasteiger partial charge is 0.472 e. The lowest BCUT2D eigenvalue weighted by atomic mass is 9.97. The number of nitriles is 1. The molecule has 86 valence electrons. The Morgan fingerprint density at radius 1 is 1.56 bits per heavy atom. The highest BCUT2D eigenvalue weighted by atomic mass is 32.2. The van der Waals surface area contributed by atoms with Crippen LogP contribution in [0, 0.1) is 11.3 Å². The normalized spacial score (nSPS) is 20.5. The maximum Gasteiger partial charge on any atom is 0.104 e. The molecule has 1 aliphatic heterocycles. The lowest BCUT2D eigenvalue weighted by Crippen LogP contribution is -2.41. The highest BCUT2D eigenvalue weighted by molar-refractivity contribution is 8.00. The number of rotatable bonds is 3. The molecule has 0 saturated carbocycles. The minimum Gasteiger partial charge on any atom is -0.472 e. The first-order valence-corrected chi connectivity index (χ1v) is 6.70. The summed E-state index contributed by atoms with van der Waals surface area (Å²) in [6.45, 7) is 2.94. The molecule has 2 rings (SSSR count). The van der Waals surface area contributed by atoms with Crippen molar-refractivity contribution < 1.29 is 4.42 Å². The topological polar surface area (TPSA) is 40.2 Å². The second-order valence-electron chi connectivity index (χ2n) is 4.22. The summed E-state index contributed by atoms with van der Waals surface area (Å²) < 4.78 is 4.91. The maximum atomic E-state index is 9.18. The Morgan fingerprint density at radius 3 is 2.81 bits per heavy atom. The van der Waals surface area contributed by atoms with Crippen LogP contribution >= 0.6 is 11.8 Å². The fourth-order valence-corrected chi connectivity index (χ4v) is 2.76. The molecule has 1 saturated heterocycles. The van der Waals surface area contributed by atoms with Crippen molar-refractivity contribution in [2.45, 2.75) is 24.1 Å². The zero-order valence-corrected chi connectivity index (χ0v) is 10.3. The number of piperidine rings is 1. The average molecular weight is 236 g/mol. The summed E-state index contributed by atoms with van der Waals surface area (Å²) in [7, 11) is 0. The van der Waals surface area contributed by atoms with Gasteiger partial charge >= 0.3 is 0 Å². The molecule has 0 bridgehead atoms. The van der Waals surface area contributed by atoms with Gasteiger partial charge in [-0.1, -0.05) is 0 Å². The summed E-state index contributed by atoms with van der Waals surface area (Å²) in [5, 5.41) is 9.18. The summed E-state index contributed by atoms with van der Waals surface area (Å²) in [5.41, 5.74) is 1.22. The predicted molar refractivity (Wildman–Crippen MR) is 65.1 cm³/mol. The van der Waals surface area contributed by atoms with E-state index in [2.05, 4.69) is 11.0 Å².